The van der Waals surface area contributed by atoms with Crippen molar-refractivity contribution < 1.29 is 14.0 Å². The first-order valence-corrected chi connectivity index (χ1v) is 10.2. The van der Waals surface area contributed by atoms with Crippen LogP contribution in [0.3, 0.4) is 0 Å². The number of halogens is 2. The summed E-state index contributed by atoms with van der Waals surface area (Å²) in [6.45, 7) is 1.85. The third kappa shape index (κ3) is 4.60. The number of benzene rings is 2. The van der Waals surface area contributed by atoms with Crippen LogP contribution >= 0.6 is 11.6 Å². The second-order valence-corrected chi connectivity index (χ2v) is 7.75. The predicted octanol–water partition coefficient (Wildman–Crippen LogP) is 2.65. The molecule has 2 N–H and O–H groups in total. The fourth-order valence-electron chi connectivity index (χ4n) is 3.75. The number of piperazine rings is 1. The fourth-order valence-corrected chi connectivity index (χ4v) is 3.87. The third-order valence-electron chi connectivity index (χ3n) is 5.30. The highest BCUT2D eigenvalue weighted by molar-refractivity contribution is 6.30. The van der Waals surface area contributed by atoms with Gasteiger partial charge in [-0.15, -0.1) is 0 Å². The number of carbonyl (C=O) groups excluding carboxylic acids is 2. The average molecular weight is 442 g/mol. The van der Waals surface area contributed by atoms with Crippen LogP contribution in [0.4, 0.5) is 4.39 Å². The van der Waals surface area contributed by atoms with Crippen molar-refractivity contribution in [3.63, 3.8) is 0 Å². The Bertz CT molecular complexity index is 1090. The zero-order valence-corrected chi connectivity index (χ0v) is 17.4. The van der Waals surface area contributed by atoms with Gasteiger partial charge in [0.2, 0.25) is 5.91 Å². The molecule has 0 aliphatic carbocycles. The Hall–Kier alpha value is -3.23. The lowest BCUT2D eigenvalue weighted by molar-refractivity contribution is -0.124. The first kappa shape index (κ1) is 21.0. The van der Waals surface area contributed by atoms with Gasteiger partial charge < -0.3 is 10.6 Å². The van der Waals surface area contributed by atoms with Gasteiger partial charge in [-0.2, -0.15) is 5.10 Å². The van der Waals surface area contributed by atoms with E-state index in [1.807, 2.05) is 4.90 Å². The average Bonchev–Trinajstić information content (AvgIpc) is 3.25. The SMILES string of the molecule is NC(=O)C(c1ccc(Cl)cc1)N1CCN(C(=O)c2ccn(-c3cccc(F)c3)n2)CC1. The second kappa shape index (κ2) is 8.87. The summed E-state index contributed by atoms with van der Waals surface area (Å²) < 4.78 is 14.9. The molecule has 2 aromatic carbocycles. The van der Waals surface area contributed by atoms with Crippen molar-refractivity contribution in [1.29, 1.82) is 0 Å². The topological polar surface area (TPSA) is 84.5 Å². The van der Waals surface area contributed by atoms with E-state index in [1.54, 1.807) is 53.6 Å². The number of rotatable bonds is 5. The minimum Gasteiger partial charge on any atom is -0.368 e. The highest BCUT2D eigenvalue weighted by Crippen LogP contribution is 2.24. The van der Waals surface area contributed by atoms with Crippen LogP contribution in [0.1, 0.15) is 22.1 Å². The van der Waals surface area contributed by atoms with Gasteiger partial charge in [0.15, 0.2) is 5.69 Å². The van der Waals surface area contributed by atoms with Crippen LogP contribution in [0.15, 0.2) is 60.8 Å². The van der Waals surface area contributed by atoms with Gasteiger partial charge in [-0.3, -0.25) is 14.5 Å². The van der Waals surface area contributed by atoms with Crippen molar-refractivity contribution in [2.24, 2.45) is 5.73 Å². The van der Waals surface area contributed by atoms with E-state index in [4.69, 9.17) is 17.3 Å². The summed E-state index contributed by atoms with van der Waals surface area (Å²) >= 11 is 5.94. The number of carbonyl (C=O) groups is 2. The Balaban J connectivity index is 1.43. The van der Waals surface area contributed by atoms with Crippen LogP contribution in [0.5, 0.6) is 0 Å². The normalized spacial score (nSPS) is 15.6. The van der Waals surface area contributed by atoms with E-state index in [9.17, 15) is 14.0 Å². The monoisotopic (exact) mass is 441 g/mol. The number of primary amides is 1. The second-order valence-electron chi connectivity index (χ2n) is 7.31. The molecule has 1 unspecified atom stereocenters. The van der Waals surface area contributed by atoms with Crippen LogP contribution < -0.4 is 5.73 Å². The Morgan fingerprint density at radius 3 is 2.39 bits per heavy atom. The van der Waals surface area contributed by atoms with Crippen molar-refractivity contribution >= 4 is 23.4 Å². The smallest absolute Gasteiger partial charge is 0.274 e. The first-order chi connectivity index (χ1) is 14.9. The van der Waals surface area contributed by atoms with Crippen molar-refractivity contribution in [2.75, 3.05) is 26.2 Å². The molecule has 0 radical (unpaired) electrons. The summed E-state index contributed by atoms with van der Waals surface area (Å²) in [6, 6.07) is 14.0. The maximum absolute atomic E-state index is 13.4. The molecule has 2 amide bonds. The molecule has 1 saturated heterocycles. The standard InChI is InChI=1S/C22H21ClFN5O2/c23-16-6-4-15(5-7-16)20(21(25)30)27-10-12-28(13-11-27)22(31)19-8-9-29(26-19)18-3-1-2-17(24)14-18/h1-9,14,20H,10-13H2,(H2,25,30). The van der Waals surface area contributed by atoms with Crippen LogP contribution in [-0.2, 0) is 4.79 Å². The van der Waals surface area contributed by atoms with E-state index >= 15 is 0 Å². The van der Waals surface area contributed by atoms with Gasteiger partial charge >= 0.3 is 0 Å². The van der Waals surface area contributed by atoms with E-state index in [0.717, 1.165) is 5.56 Å². The van der Waals surface area contributed by atoms with E-state index in [0.29, 0.717) is 36.9 Å². The molecule has 31 heavy (non-hydrogen) atoms. The Morgan fingerprint density at radius 1 is 1.03 bits per heavy atom. The van der Waals surface area contributed by atoms with E-state index in [1.165, 1.54) is 16.8 Å². The summed E-state index contributed by atoms with van der Waals surface area (Å²) in [4.78, 5) is 28.6. The number of nitrogens with zero attached hydrogens (tertiary/aromatic N) is 4. The lowest BCUT2D eigenvalue weighted by atomic mass is 10.0. The van der Waals surface area contributed by atoms with Gasteiger partial charge in [0.05, 0.1) is 5.69 Å². The summed E-state index contributed by atoms with van der Waals surface area (Å²) in [6.07, 6.45) is 1.63. The van der Waals surface area contributed by atoms with Crippen molar-refractivity contribution in [2.45, 2.75) is 6.04 Å². The highest BCUT2D eigenvalue weighted by atomic mass is 35.5. The van der Waals surface area contributed by atoms with Crippen molar-refractivity contribution in [1.82, 2.24) is 19.6 Å². The van der Waals surface area contributed by atoms with Crippen LogP contribution in [0.2, 0.25) is 5.02 Å². The van der Waals surface area contributed by atoms with Crippen LogP contribution in [0, 0.1) is 5.82 Å². The van der Waals surface area contributed by atoms with Gasteiger partial charge in [-0.25, -0.2) is 9.07 Å². The maximum atomic E-state index is 13.4. The molecule has 3 aromatic rings. The molecule has 1 fully saturated rings. The summed E-state index contributed by atoms with van der Waals surface area (Å²) in [5.41, 5.74) is 7.24. The molecule has 0 bridgehead atoms. The summed E-state index contributed by atoms with van der Waals surface area (Å²) in [5, 5.41) is 4.88. The van der Waals surface area contributed by atoms with Gasteiger partial charge in [0.25, 0.3) is 5.91 Å². The number of hydrogen-bond acceptors (Lipinski definition) is 4. The van der Waals surface area contributed by atoms with Crippen molar-refractivity contribution in [3.8, 4) is 5.69 Å². The van der Waals surface area contributed by atoms with E-state index < -0.39 is 11.9 Å². The van der Waals surface area contributed by atoms with Gasteiger partial charge in [0, 0.05) is 37.4 Å². The lowest BCUT2D eigenvalue weighted by Gasteiger charge is -2.38. The predicted molar refractivity (Wildman–Crippen MR) is 114 cm³/mol. The Labute approximate surface area is 183 Å². The zero-order valence-electron chi connectivity index (χ0n) is 16.6. The number of hydrogen-bond donors (Lipinski definition) is 1. The molecule has 1 atom stereocenters. The number of nitrogens with two attached hydrogens (primary N) is 1. The third-order valence-corrected chi connectivity index (χ3v) is 5.55. The van der Waals surface area contributed by atoms with E-state index in [-0.39, 0.29) is 17.4 Å². The Kier molecular flexibility index (Phi) is 6.01. The number of aromatic nitrogens is 2. The van der Waals surface area contributed by atoms with E-state index in [2.05, 4.69) is 5.10 Å². The quantitative estimate of drug-likeness (QED) is 0.659. The zero-order chi connectivity index (χ0) is 22.0. The van der Waals surface area contributed by atoms with Gasteiger partial charge in [0.1, 0.15) is 11.9 Å². The van der Waals surface area contributed by atoms with Crippen LogP contribution in [0.25, 0.3) is 5.69 Å². The first-order valence-electron chi connectivity index (χ1n) is 9.82. The molecule has 0 spiro atoms. The molecule has 1 aliphatic rings. The maximum Gasteiger partial charge on any atom is 0.274 e. The molecule has 1 aromatic heterocycles. The molecule has 160 valence electrons. The molecule has 0 saturated carbocycles. The fraction of sp³-hybridized carbons (Fsp3) is 0.227. The number of amides is 2. The molecule has 9 heteroatoms. The molecular weight excluding hydrogens is 421 g/mol. The molecule has 7 nitrogen and oxygen atoms in total. The molecule has 2 heterocycles. The summed E-state index contributed by atoms with van der Waals surface area (Å²) in [5.74, 6) is -1.03. The highest BCUT2D eigenvalue weighted by Gasteiger charge is 2.31. The molecular formula is C22H21ClFN5O2. The van der Waals surface area contributed by atoms with Crippen LogP contribution in [-0.4, -0.2) is 57.6 Å². The molecule has 4 rings (SSSR count). The van der Waals surface area contributed by atoms with Gasteiger partial charge in [-0.1, -0.05) is 29.8 Å². The summed E-state index contributed by atoms with van der Waals surface area (Å²) in [7, 11) is 0. The lowest BCUT2D eigenvalue weighted by Crippen LogP contribution is -2.52. The largest absolute Gasteiger partial charge is 0.368 e. The minimum atomic E-state index is -0.582. The molecule has 1 aliphatic heterocycles. The van der Waals surface area contributed by atoms with Crippen molar-refractivity contribution in [3.05, 3.63) is 82.9 Å². The minimum absolute atomic E-state index is 0.211. The Morgan fingerprint density at radius 2 is 1.74 bits per heavy atom. The van der Waals surface area contributed by atoms with Gasteiger partial charge in [-0.05, 0) is 42.0 Å².